The number of hydrogen-bond acceptors (Lipinski definition) is 5. The van der Waals surface area contributed by atoms with Crippen LogP contribution in [0.25, 0.3) is 16.7 Å². The number of alkyl halides is 2. The first kappa shape index (κ1) is 22.7. The Labute approximate surface area is 193 Å². The minimum absolute atomic E-state index is 0.459. The van der Waals surface area contributed by atoms with Gasteiger partial charge in [-0.05, 0) is 42.8 Å². The van der Waals surface area contributed by atoms with Gasteiger partial charge in [-0.2, -0.15) is 13.9 Å². The normalized spacial score (nSPS) is 13.6. The van der Waals surface area contributed by atoms with Crippen molar-refractivity contribution in [2.45, 2.75) is 31.9 Å². The van der Waals surface area contributed by atoms with E-state index in [0.717, 1.165) is 10.9 Å². The summed E-state index contributed by atoms with van der Waals surface area (Å²) in [5.74, 6) is -3.86. The quantitative estimate of drug-likeness (QED) is 0.436. The average molecular weight is 475 g/mol. The Balaban J connectivity index is 1.64. The van der Waals surface area contributed by atoms with Crippen LogP contribution in [0.2, 0.25) is 5.02 Å². The SMILES string of the molecule is C[C@H](NC(=O)C(C)(F)F)[C@H](Oc1ccc2c(cnn2-c2cn(C)nn2)c1)c1cccc(Cl)c1. The van der Waals surface area contributed by atoms with Gasteiger partial charge in [-0.15, -0.1) is 5.10 Å². The number of rotatable bonds is 7. The summed E-state index contributed by atoms with van der Waals surface area (Å²) in [7, 11) is 1.76. The van der Waals surface area contributed by atoms with Crippen LogP contribution < -0.4 is 10.1 Å². The molecule has 0 radical (unpaired) electrons. The van der Waals surface area contributed by atoms with Crippen molar-refractivity contribution >= 4 is 28.4 Å². The number of ether oxygens (including phenoxy) is 1. The van der Waals surface area contributed by atoms with Gasteiger partial charge in [0.25, 0.3) is 5.91 Å². The van der Waals surface area contributed by atoms with Crippen LogP contribution in [0, 0.1) is 0 Å². The van der Waals surface area contributed by atoms with Crippen molar-refractivity contribution in [1.29, 1.82) is 0 Å². The molecular formula is C22H21ClF2N6O2. The van der Waals surface area contributed by atoms with Crippen LogP contribution in [0.1, 0.15) is 25.5 Å². The molecule has 33 heavy (non-hydrogen) atoms. The van der Waals surface area contributed by atoms with E-state index in [1.54, 1.807) is 72.1 Å². The van der Waals surface area contributed by atoms with Gasteiger partial charge in [0.15, 0.2) is 5.82 Å². The van der Waals surface area contributed by atoms with Crippen LogP contribution in [0.15, 0.2) is 54.9 Å². The highest BCUT2D eigenvalue weighted by Gasteiger charge is 2.35. The molecule has 2 aromatic heterocycles. The zero-order valence-corrected chi connectivity index (χ0v) is 18.8. The number of nitrogens with one attached hydrogen (secondary N) is 1. The number of aromatic nitrogens is 5. The molecule has 2 atom stereocenters. The summed E-state index contributed by atoms with van der Waals surface area (Å²) in [6.45, 7) is 2.15. The molecule has 0 aliphatic rings. The third kappa shape index (κ3) is 4.95. The molecule has 172 valence electrons. The lowest BCUT2D eigenvalue weighted by molar-refractivity contribution is -0.144. The number of benzene rings is 2. The lowest BCUT2D eigenvalue weighted by atomic mass is 10.0. The van der Waals surface area contributed by atoms with E-state index >= 15 is 0 Å². The standard InChI is InChI=1S/C22H21ClF2N6O2/c1-13(27-21(32)22(2,24)25)20(14-5-4-6-16(23)9-14)33-17-7-8-18-15(10-17)11-26-31(18)19-12-30(3)29-28-19/h4-13,20H,1-3H3,(H,27,32)/t13-,20-/m0/s1. The summed E-state index contributed by atoms with van der Waals surface area (Å²) in [5.41, 5.74) is 1.42. The highest BCUT2D eigenvalue weighted by molar-refractivity contribution is 6.30. The molecule has 0 unspecified atom stereocenters. The second-order valence-corrected chi connectivity index (χ2v) is 8.21. The van der Waals surface area contributed by atoms with Gasteiger partial charge in [0.1, 0.15) is 11.9 Å². The summed E-state index contributed by atoms with van der Waals surface area (Å²) in [6.07, 6.45) is 2.62. The molecular weight excluding hydrogens is 454 g/mol. The Bertz CT molecular complexity index is 1300. The van der Waals surface area contributed by atoms with Gasteiger partial charge in [-0.25, -0.2) is 4.68 Å². The third-order valence-electron chi connectivity index (χ3n) is 5.00. The van der Waals surface area contributed by atoms with E-state index in [1.165, 1.54) is 0 Å². The van der Waals surface area contributed by atoms with Gasteiger partial charge in [-0.1, -0.05) is 28.9 Å². The Hall–Kier alpha value is -3.53. The number of nitrogens with zero attached hydrogens (tertiary/aromatic N) is 5. The molecule has 11 heteroatoms. The Morgan fingerprint density at radius 2 is 2.03 bits per heavy atom. The number of aryl methyl sites for hydroxylation is 1. The lowest BCUT2D eigenvalue weighted by Crippen LogP contribution is -2.46. The van der Waals surface area contributed by atoms with Crippen LogP contribution in [0.5, 0.6) is 5.75 Å². The minimum Gasteiger partial charge on any atom is -0.484 e. The topological polar surface area (TPSA) is 86.9 Å². The molecule has 2 heterocycles. The number of carbonyl (C=O) groups is 1. The molecule has 0 bridgehead atoms. The molecule has 1 N–H and O–H groups in total. The number of fused-ring (bicyclic) bond motifs is 1. The van der Waals surface area contributed by atoms with Gasteiger partial charge in [-0.3, -0.25) is 9.48 Å². The number of hydrogen-bond donors (Lipinski definition) is 1. The van der Waals surface area contributed by atoms with Crippen LogP contribution in [0.3, 0.4) is 0 Å². The fraction of sp³-hybridized carbons (Fsp3) is 0.273. The molecule has 0 spiro atoms. The maximum atomic E-state index is 13.5. The maximum absolute atomic E-state index is 13.5. The number of halogens is 3. The molecule has 4 rings (SSSR count). The van der Waals surface area contributed by atoms with E-state index in [2.05, 4.69) is 20.7 Å². The molecule has 4 aromatic rings. The first-order valence-corrected chi connectivity index (χ1v) is 10.4. The van der Waals surface area contributed by atoms with E-state index in [0.29, 0.717) is 29.1 Å². The highest BCUT2D eigenvalue weighted by atomic mass is 35.5. The Morgan fingerprint density at radius 1 is 1.24 bits per heavy atom. The third-order valence-corrected chi connectivity index (χ3v) is 5.23. The molecule has 0 aliphatic carbocycles. The van der Waals surface area contributed by atoms with Crippen molar-refractivity contribution in [3.05, 3.63) is 65.4 Å². The van der Waals surface area contributed by atoms with Crippen molar-refractivity contribution in [1.82, 2.24) is 30.1 Å². The summed E-state index contributed by atoms with van der Waals surface area (Å²) >= 11 is 6.13. The average Bonchev–Trinajstić information content (AvgIpc) is 3.36. The molecule has 8 nitrogen and oxygen atoms in total. The predicted molar refractivity (Wildman–Crippen MR) is 119 cm³/mol. The van der Waals surface area contributed by atoms with E-state index in [1.807, 2.05) is 6.07 Å². The smallest absolute Gasteiger partial charge is 0.321 e. The van der Waals surface area contributed by atoms with Gasteiger partial charge in [0, 0.05) is 24.4 Å². The van der Waals surface area contributed by atoms with Crippen molar-refractivity contribution in [3.63, 3.8) is 0 Å². The van der Waals surface area contributed by atoms with Gasteiger partial charge in [0.05, 0.1) is 24.0 Å². The second kappa shape index (κ2) is 8.78. The van der Waals surface area contributed by atoms with E-state index in [-0.39, 0.29) is 0 Å². The molecule has 0 saturated carbocycles. The van der Waals surface area contributed by atoms with Crippen LogP contribution in [-0.2, 0) is 11.8 Å². The van der Waals surface area contributed by atoms with E-state index in [9.17, 15) is 13.6 Å². The maximum Gasteiger partial charge on any atom is 0.321 e. The molecule has 2 aromatic carbocycles. The summed E-state index contributed by atoms with van der Waals surface area (Å²) in [4.78, 5) is 11.9. The largest absolute Gasteiger partial charge is 0.484 e. The van der Waals surface area contributed by atoms with Crippen LogP contribution in [-0.4, -0.2) is 42.6 Å². The van der Waals surface area contributed by atoms with Gasteiger partial charge in [0.2, 0.25) is 0 Å². The second-order valence-electron chi connectivity index (χ2n) is 7.77. The van der Waals surface area contributed by atoms with Crippen molar-refractivity contribution in [2.24, 2.45) is 7.05 Å². The first-order valence-electron chi connectivity index (χ1n) is 10.1. The van der Waals surface area contributed by atoms with E-state index in [4.69, 9.17) is 16.3 Å². The summed E-state index contributed by atoms with van der Waals surface area (Å²) in [5, 5.41) is 15.9. The fourth-order valence-electron chi connectivity index (χ4n) is 3.40. The monoisotopic (exact) mass is 474 g/mol. The number of carbonyl (C=O) groups excluding carboxylic acids is 1. The van der Waals surface area contributed by atoms with Crippen molar-refractivity contribution in [3.8, 4) is 11.6 Å². The lowest BCUT2D eigenvalue weighted by Gasteiger charge is -2.27. The Kier molecular flexibility index (Phi) is 6.03. The molecule has 0 saturated heterocycles. The predicted octanol–water partition coefficient (Wildman–Crippen LogP) is 4.09. The van der Waals surface area contributed by atoms with Crippen molar-refractivity contribution in [2.75, 3.05) is 0 Å². The van der Waals surface area contributed by atoms with Crippen LogP contribution in [0.4, 0.5) is 8.78 Å². The van der Waals surface area contributed by atoms with Gasteiger partial charge >= 0.3 is 5.92 Å². The highest BCUT2D eigenvalue weighted by Crippen LogP contribution is 2.30. The molecule has 1 amide bonds. The number of amides is 1. The summed E-state index contributed by atoms with van der Waals surface area (Å²) in [6, 6.07) is 11.4. The fourth-order valence-corrected chi connectivity index (χ4v) is 3.60. The molecule has 0 fully saturated rings. The van der Waals surface area contributed by atoms with Gasteiger partial charge < -0.3 is 10.1 Å². The van der Waals surface area contributed by atoms with Crippen molar-refractivity contribution < 1.29 is 18.3 Å². The summed E-state index contributed by atoms with van der Waals surface area (Å²) < 4.78 is 36.3. The van der Waals surface area contributed by atoms with Crippen LogP contribution >= 0.6 is 11.6 Å². The molecule has 0 aliphatic heterocycles. The zero-order chi connectivity index (χ0) is 23.8. The minimum atomic E-state index is -3.51. The van der Waals surface area contributed by atoms with E-state index < -0.39 is 24.0 Å². The zero-order valence-electron chi connectivity index (χ0n) is 18.0. The first-order chi connectivity index (χ1) is 15.6. The Morgan fingerprint density at radius 3 is 2.70 bits per heavy atom.